The van der Waals surface area contributed by atoms with Crippen molar-refractivity contribution >= 4 is 46.1 Å². The molecule has 0 spiro atoms. The second kappa shape index (κ2) is 9.00. The van der Waals surface area contributed by atoms with Gasteiger partial charge in [-0.15, -0.1) is 0 Å². The number of para-hydroxylation sites is 1. The van der Waals surface area contributed by atoms with Crippen molar-refractivity contribution in [2.75, 3.05) is 17.7 Å². The molecule has 0 saturated heterocycles. The smallest absolute Gasteiger partial charge is 0.418 e. The van der Waals surface area contributed by atoms with E-state index in [1.165, 1.54) is 19.1 Å². The van der Waals surface area contributed by atoms with E-state index < -0.39 is 35.6 Å². The highest BCUT2D eigenvalue weighted by atomic mass is 32.2. The molecule has 0 fully saturated rings. The van der Waals surface area contributed by atoms with E-state index in [1.54, 1.807) is 6.92 Å². The summed E-state index contributed by atoms with van der Waals surface area (Å²) in [5.74, 6) is -2.82. The van der Waals surface area contributed by atoms with Crippen LogP contribution in [0.25, 0.3) is 0 Å². The molecule has 1 atom stereocenters. The molecule has 1 unspecified atom stereocenters. The molecule has 0 aliphatic carbocycles. The highest BCUT2D eigenvalue weighted by Gasteiger charge is 2.35. The zero-order valence-corrected chi connectivity index (χ0v) is 15.7. The Hall–Kier alpha value is -2.69. The van der Waals surface area contributed by atoms with Crippen molar-refractivity contribution in [1.29, 1.82) is 0 Å². The van der Waals surface area contributed by atoms with Crippen LogP contribution in [0, 0.1) is 5.92 Å². The van der Waals surface area contributed by atoms with Crippen molar-refractivity contribution in [2.24, 2.45) is 15.9 Å². The molecule has 7 nitrogen and oxygen atoms in total. The largest absolute Gasteiger partial charge is 0.465 e. The van der Waals surface area contributed by atoms with Crippen molar-refractivity contribution in [2.45, 2.75) is 20.0 Å². The van der Waals surface area contributed by atoms with Crippen LogP contribution in [0.4, 0.5) is 23.7 Å². The van der Waals surface area contributed by atoms with E-state index in [4.69, 9.17) is 4.74 Å². The van der Waals surface area contributed by atoms with E-state index >= 15 is 0 Å². The Morgan fingerprint density at radius 1 is 1.25 bits per heavy atom. The van der Waals surface area contributed by atoms with Gasteiger partial charge in [-0.2, -0.15) is 23.2 Å². The van der Waals surface area contributed by atoms with E-state index in [2.05, 4.69) is 15.3 Å². The maximum absolute atomic E-state index is 13.0. The summed E-state index contributed by atoms with van der Waals surface area (Å²) < 4.78 is 43.9. The summed E-state index contributed by atoms with van der Waals surface area (Å²) in [4.78, 5) is 43.0. The number of nitrogens with zero attached hydrogens (tertiary/aromatic N) is 2. The minimum atomic E-state index is -4.63. The molecule has 0 bridgehead atoms. The standard InChI is InChI=1S/C17H16F3N3O4S/c1-3-27-15(25)13-9(2)21-16(26)23-14(13)28-8-12(24)22-11-7-5-4-6-10(11)17(18,19)20/h4-7,13H,3,8H2,1-2H3,(H,22,24). The number of alkyl halides is 3. The van der Waals surface area contributed by atoms with Gasteiger partial charge in [0.2, 0.25) is 5.91 Å². The molecule has 0 saturated carbocycles. The molecule has 1 N–H and O–H groups in total. The molecule has 11 heteroatoms. The van der Waals surface area contributed by atoms with Gasteiger partial charge in [0, 0.05) is 5.71 Å². The summed E-state index contributed by atoms with van der Waals surface area (Å²) in [5, 5.41) is 2.19. The Morgan fingerprint density at radius 3 is 2.57 bits per heavy atom. The molecule has 0 radical (unpaired) electrons. The number of aliphatic imine (C=N–C) groups is 2. The number of carbonyl (C=O) groups is 3. The predicted octanol–water partition coefficient (Wildman–Crippen LogP) is 3.55. The Bertz CT molecular complexity index is 852. The van der Waals surface area contributed by atoms with Gasteiger partial charge in [0.05, 0.1) is 28.7 Å². The number of esters is 1. The quantitative estimate of drug-likeness (QED) is 0.742. The lowest BCUT2D eigenvalue weighted by Gasteiger charge is -2.19. The van der Waals surface area contributed by atoms with E-state index in [9.17, 15) is 27.6 Å². The number of anilines is 1. The highest BCUT2D eigenvalue weighted by molar-refractivity contribution is 8.14. The summed E-state index contributed by atoms with van der Waals surface area (Å²) in [6.45, 7) is 3.16. The van der Waals surface area contributed by atoms with Gasteiger partial charge in [-0.3, -0.25) is 9.59 Å². The third-order valence-electron chi connectivity index (χ3n) is 3.52. The van der Waals surface area contributed by atoms with Gasteiger partial charge in [0.15, 0.2) is 0 Å². The number of thioether (sulfide) groups is 1. The average molecular weight is 415 g/mol. The number of urea groups is 1. The zero-order valence-electron chi connectivity index (χ0n) is 14.9. The summed E-state index contributed by atoms with van der Waals surface area (Å²) in [6, 6.07) is 3.72. The monoisotopic (exact) mass is 415 g/mol. The number of carbonyl (C=O) groups excluding carboxylic acids is 3. The van der Waals surface area contributed by atoms with Crippen LogP contribution >= 0.6 is 11.8 Å². The van der Waals surface area contributed by atoms with Gasteiger partial charge in [-0.05, 0) is 26.0 Å². The van der Waals surface area contributed by atoms with Gasteiger partial charge in [0.1, 0.15) is 5.92 Å². The van der Waals surface area contributed by atoms with E-state index in [1.807, 2.05) is 0 Å². The number of hydrogen-bond donors (Lipinski definition) is 1. The Morgan fingerprint density at radius 2 is 1.93 bits per heavy atom. The maximum Gasteiger partial charge on any atom is 0.418 e. The Balaban J connectivity index is 2.09. The topological polar surface area (TPSA) is 97.2 Å². The number of halogens is 3. The van der Waals surface area contributed by atoms with Crippen molar-refractivity contribution in [1.82, 2.24) is 0 Å². The van der Waals surface area contributed by atoms with Crippen LogP contribution in [-0.2, 0) is 20.5 Å². The van der Waals surface area contributed by atoms with E-state index in [-0.39, 0.29) is 28.8 Å². The average Bonchev–Trinajstić information content (AvgIpc) is 2.59. The lowest BCUT2D eigenvalue weighted by Crippen LogP contribution is -2.34. The van der Waals surface area contributed by atoms with Crippen LogP contribution in [0.15, 0.2) is 34.3 Å². The molecule has 1 aromatic rings. The molecule has 1 aromatic carbocycles. The van der Waals surface area contributed by atoms with Crippen molar-refractivity contribution in [3.63, 3.8) is 0 Å². The fraction of sp³-hybridized carbons (Fsp3) is 0.353. The number of benzene rings is 1. The minimum Gasteiger partial charge on any atom is -0.465 e. The first-order valence-corrected chi connectivity index (χ1v) is 9.05. The predicted molar refractivity (Wildman–Crippen MR) is 98.6 cm³/mol. The number of hydrogen-bond acceptors (Lipinski definition) is 5. The number of nitrogens with one attached hydrogen (secondary N) is 1. The maximum atomic E-state index is 13.0. The fourth-order valence-electron chi connectivity index (χ4n) is 2.36. The van der Waals surface area contributed by atoms with Crippen molar-refractivity contribution in [3.05, 3.63) is 29.8 Å². The lowest BCUT2D eigenvalue weighted by atomic mass is 10.1. The van der Waals surface area contributed by atoms with Gasteiger partial charge in [-0.1, -0.05) is 23.9 Å². The van der Waals surface area contributed by atoms with Crippen molar-refractivity contribution < 1.29 is 32.3 Å². The molecule has 28 heavy (non-hydrogen) atoms. The van der Waals surface area contributed by atoms with E-state index in [0.29, 0.717) is 0 Å². The summed E-state index contributed by atoms with van der Waals surface area (Å²) >= 11 is 0.762. The van der Waals surface area contributed by atoms with Gasteiger partial charge >= 0.3 is 18.2 Å². The van der Waals surface area contributed by atoms with Gasteiger partial charge in [0.25, 0.3) is 0 Å². The second-order valence-corrected chi connectivity index (χ2v) is 6.55. The van der Waals surface area contributed by atoms with Crippen LogP contribution in [0.1, 0.15) is 19.4 Å². The molecular formula is C17H16F3N3O4S. The molecule has 1 heterocycles. The van der Waals surface area contributed by atoms with Crippen molar-refractivity contribution in [3.8, 4) is 0 Å². The molecule has 1 aliphatic heterocycles. The number of amides is 3. The first-order chi connectivity index (χ1) is 13.1. The molecule has 2 rings (SSSR count). The first kappa shape index (κ1) is 21.6. The number of rotatable bonds is 5. The van der Waals surface area contributed by atoms with E-state index in [0.717, 1.165) is 23.9 Å². The summed E-state index contributed by atoms with van der Waals surface area (Å²) in [7, 11) is 0. The molecule has 3 amide bonds. The Labute approximate surface area is 162 Å². The SMILES string of the molecule is CCOC(=O)C1C(C)=NC(=O)N=C1SCC(=O)Nc1ccccc1C(F)(F)F. The van der Waals surface area contributed by atoms with Crippen LogP contribution < -0.4 is 5.32 Å². The van der Waals surface area contributed by atoms with Crippen LogP contribution in [0.2, 0.25) is 0 Å². The summed E-state index contributed by atoms with van der Waals surface area (Å²) in [6.07, 6.45) is -4.63. The molecular weight excluding hydrogens is 399 g/mol. The lowest BCUT2D eigenvalue weighted by molar-refractivity contribution is -0.143. The molecule has 0 aromatic heterocycles. The fourth-order valence-corrected chi connectivity index (χ4v) is 3.28. The molecule has 150 valence electrons. The van der Waals surface area contributed by atoms with Crippen LogP contribution in [0.5, 0.6) is 0 Å². The third kappa shape index (κ3) is 5.41. The normalized spacial score (nSPS) is 16.9. The Kier molecular flexibility index (Phi) is 6.95. The minimum absolute atomic E-state index is 0.00945. The second-order valence-electron chi connectivity index (χ2n) is 5.55. The third-order valence-corrected chi connectivity index (χ3v) is 4.55. The van der Waals surface area contributed by atoms with Gasteiger partial charge in [-0.25, -0.2) is 4.79 Å². The number of ether oxygens (including phenoxy) is 1. The van der Waals surface area contributed by atoms with Crippen LogP contribution in [-0.4, -0.2) is 41.0 Å². The van der Waals surface area contributed by atoms with Gasteiger partial charge < -0.3 is 10.1 Å². The van der Waals surface area contributed by atoms with Crippen LogP contribution in [0.3, 0.4) is 0 Å². The highest BCUT2D eigenvalue weighted by Crippen LogP contribution is 2.34. The first-order valence-electron chi connectivity index (χ1n) is 8.06. The summed E-state index contributed by atoms with van der Waals surface area (Å²) in [5.41, 5.74) is -1.20. The zero-order chi connectivity index (χ0) is 20.9. The molecule has 1 aliphatic rings.